The van der Waals surface area contributed by atoms with Crippen LogP contribution in [0.5, 0.6) is 0 Å². The van der Waals surface area contributed by atoms with Crippen LogP contribution in [0, 0.1) is 5.92 Å². The molecule has 0 radical (unpaired) electrons. The molecule has 0 saturated carbocycles. The van der Waals surface area contributed by atoms with Crippen LogP contribution in [0.3, 0.4) is 0 Å². The van der Waals surface area contributed by atoms with Gasteiger partial charge in [-0.05, 0) is 18.1 Å². The van der Waals surface area contributed by atoms with Crippen LogP contribution in [-0.2, 0) is 4.79 Å². The Balaban J connectivity index is 2.12. The number of para-hydroxylation sites is 1. The smallest absolute Gasteiger partial charge is 0.326 e. The number of carboxylic acids is 1. The van der Waals surface area contributed by atoms with E-state index in [1.807, 2.05) is 18.2 Å². The molecule has 0 aromatic heterocycles. The third-order valence-corrected chi connectivity index (χ3v) is 4.30. The highest BCUT2D eigenvalue weighted by atomic mass is 16.4. The number of aliphatic carboxylic acids is 1. The van der Waals surface area contributed by atoms with Crippen LogP contribution in [-0.4, -0.2) is 42.0 Å². The van der Waals surface area contributed by atoms with E-state index in [2.05, 4.69) is 11.4 Å². The number of rotatable bonds is 2. The van der Waals surface area contributed by atoms with Crippen LogP contribution in [0.4, 0.5) is 5.69 Å². The van der Waals surface area contributed by atoms with Gasteiger partial charge in [-0.3, -0.25) is 4.79 Å². The van der Waals surface area contributed by atoms with Crippen molar-refractivity contribution in [1.29, 1.82) is 0 Å². The van der Waals surface area contributed by atoms with E-state index in [0.717, 1.165) is 12.0 Å². The number of hydrogen-bond donors (Lipinski definition) is 2. The van der Waals surface area contributed by atoms with Gasteiger partial charge in [-0.25, -0.2) is 4.79 Å². The number of amides is 1. The molecule has 0 saturated heterocycles. The van der Waals surface area contributed by atoms with E-state index in [1.54, 1.807) is 20.2 Å². The van der Waals surface area contributed by atoms with Gasteiger partial charge in [0.25, 0.3) is 5.91 Å². The zero-order chi connectivity index (χ0) is 15.1. The Hall–Kier alpha value is -2.30. The first-order chi connectivity index (χ1) is 10.0. The Labute approximate surface area is 123 Å². The average Bonchev–Trinajstić information content (AvgIpc) is 2.94. The number of carboxylic acid groups (broad SMARTS) is 1. The molecular weight excluding hydrogens is 268 g/mol. The number of fused-ring (bicyclic) bond motifs is 3. The van der Waals surface area contributed by atoms with E-state index < -0.39 is 12.0 Å². The minimum Gasteiger partial charge on any atom is -0.480 e. The molecule has 110 valence electrons. The maximum absolute atomic E-state index is 12.3. The molecule has 1 aliphatic carbocycles. The van der Waals surface area contributed by atoms with E-state index in [9.17, 15) is 14.7 Å². The van der Waals surface area contributed by atoms with Crippen molar-refractivity contribution in [3.63, 3.8) is 0 Å². The molecule has 1 aromatic rings. The summed E-state index contributed by atoms with van der Waals surface area (Å²) in [7, 11) is 3.38. The molecule has 0 bridgehead atoms. The van der Waals surface area contributed by atoms with Crippen LogP contribution < -0.4 is 5.32 Å². The van der Waals surface area contributed by atoms with Gasteiger partial charge in [0.05, 0.1) is 11.3 Å². The summed E-state index contributed by atoms with van der Waals surface area (Å²) in [4.78, 5) is 25.3. The number of allylic oxidation sites excluding steroid dienone is 2. The summed E-state index contributed by atoms with van der Waals surface area (Å²) < 4.78 is 0. The lowest BCUT2D eigenvalue weighted by molar-refractivity contribution is -0.139. The second-order valence-corrected chi connectivity index (χ2v) is 5.78. The third-order valence-electron chi connectivity index (χ3n) is 4.30. The molecule has 0 fully saturated rings. The number of nitrogens with one attached hydrogen (secondary N) is 1. The fraction of sp³-hybridized carbons (Fsp3) is 0.375. The number of benzene rings is 1. The van der Waals surface area contributed by atoms with Gasteiger partial charge in [0, 0.05) is 25.9 Å². The van der Waals surface area contributed by atoms with Crippen molar-refractivity contribution in [2.45, 2.75) is 18.4 Å². The minimum atomic E-state index is -0.869. The normalized spacial score (nSPS) is 25.7. The zero-order valence-corrected chi connectivity index (χ0v) is 12.0. The number of nitrogens with zero attached hydrogens (tertiary/aromatic N) is 1. The molecule has 1 aromatic carbocycles. The third kappa shape index (κ3) is 2.09. The Bertz CT molecular complexity index is 636. The molecule has 0 unspecified atom stereocenters. The molecule has 1 amide bonds. The van der Waals surface area contributed by atoms with Crippen LogP contribution in [0.15, 0.2) is 30.4 Å². The summed E-state index contributed by atoms with van der Waals surface area (Å²) in [5.74, 6) is -0.910. The molecule has 0 spiro atoms. The summed E-state index contributed by atoms with van der Waals surface area (Å²) in [6.07, 6.45) is 4.84. The summed E-state index contributed by atoms with van der Waals surface area (Å²) in [6, 6.07) is 4.92. The van der Waals surface area contributed by atoms with E-state index in [4.69, 9.17) is 0 Å². The standard InChI is InChI=1S/C16H18N2O3/c1-18(2)15(19)12-8-4-6-10-9-5-3-7-11(9)14(16(20)21)17-13(10)12/h3-6,8-9,11,14,17H,7H2,1-2H3,(H,20,21)/t9-,11-,14+/m1/s1. The molecule has 1 aliphatic heterocycles. The average molecular weight is 286 g/mol. The number of hydrogen-bond acceptors (Lipinski definition) is 3. The maximum atomic E-state index is 12.3. The zero-order valence-electron chi connectivity index (χ0n) is 12.0. The second kappa shape index (κ2) is 4.91. The summed E-state index contributed by atoms with van der Waals surface area (Å²) >= 11 is 0. The predicted octanol–water partition coefficient (Wildman–Crippen LogP) is 1.93. The highest BCUT2D eigenvalue weighted by Crippen LogP contribution is 2.45. The van der Waals surface area contributed by atoms with Gasteiger partial charge in [-0.2, -0.15) is 0 Å². The first-order valence-electron chi connectivity index (χ1n) is 7.01. The van der Waals surface area contributed by atoms with Crippen molar-refractivity contribution in [3.05, 3.63) is 41.5 Å². The van der Waals surface area contributed by atoms with Gasteiger partial charge in [-0.1, -0.05) is 24.3 Å². The Morgan fingerprint density at radius 3 is 2.76 bits per heavy atom. The lowest BCUT2D eigenvalue weighted by atomic mass is 9.78. The lowest BCUT2D eigenvalue weighted by Crippen LogP contribution is -2.42. The second-order valence-electron chi connectivity index (χ2n) is 5.78. The first-order valence-corrected chi connectivity index (χ1v) is 7.01. The van der Waals surface area contributed by atoms with Gasteiger partial charge in [0.2, 0.25) is 0 Å². The van der Waals surface area contributed by atoms with Crippen molar-refractivity contribution in [2.24, 2.45) is 5.92 Å². The molecule has 5 nitrogen and oxygen atoms in total. The first kappa shape index (κ1) is 13.7. The van der Waals surface area contributed by atoms with Gasteiger partial charge >= 0.3 is 5.97 Å². The maximum Gasteiger partial charge on any atom is 0.326 e. The van der Waals surface area contributed by atoms with Gasteiger partial charge in [-0.15, -0.1) is 0 Å². The van der Waals surface area contributed by atoms with Crippen LogP contribution in [0.25, 0.3) is 0 Å². The monoisotopic (exact) mass is 286 g/mol. The molecule has 2 aliphatic rings. The summed E-state index contributed by atoms with van der Waals surface area (Å²) in [6.45, 7) is 0. The summed E-state index contributed by atoms with van der Waals surface area (Å²) in [5, 5.41) is 12.5. The van der Waals surface area contributed by atoms with Gasteiger partial charge < -0.3 is 15.3 Å². The van der Waals surface area contributed by atoms with Crippen molar-refractivity contribution in [3.8, 4) is 0 Å². The molecule has 5 heteroatoms. The van der Waals surface area contributed by atoms with Crippen molar-refractivity contribution >= 4 is 17.6 Å². The van der Waals surface area contributed by atoms with E-state index >= 15 is 0 Å². The van der Waals surface area contributed by atoms with E-state index in [-0.39, 0.29) is 17.7 Å². The minimum absolute atomic E-state index is 0.0136. The van der Waals surface area contributed by atoms with Crippen LogP contribution >= 0.6 is 0 Å². The molecule has 3 atom stereocenters. The molecule has 2 N–H and O–H groups in total. The summed E-state index contributed by atoms with van der Waals surface area (Å²) in [5.41, 5.74) is 2.21. The molecular formula is C16H18N2O3. The van der Waals surface area contributed by atoms with Crippen LogP contribution in [0.1, 0.15) is 28.3 Å². The van der Waals surface area contributed by atoms with E-state index in [0.29, 0.717) is 11.3 Å². The topological polar surface area (TPSA) is 69.6 Å². The highest BCUT2D eigenvalue weighted by Gasteiger charge is 2.41. The van der Waals surface area contributed by atoms with Gasteiger partial charge in [0.1, 0.15) is 6.04 Å². The fourth-order valence-corrected chi connectivity index (χ4v) is 3.28. The Kier molecular flexibility index (Phi) is 3.20. The molecule has 3 rings (SSSR count). The van der Waals surface area contributed by atoms with Crippen molar-refractivity contribution in [2.75, 3.05) is 19.4 Å². The van der Waals surface area contributed by atoms with Gasteiger partial charge in [0.15, 0.2) is 0 Å². The van der Waals surface area contributed by atoms with Crippen molar-refractivity contribution < 1.29 is 14.7 Å². The van der Waals surface area contributed by atoms with E-state index in [1.165, 1.54) is 4.90 Å². The SMILES string of the molecule is CN(C)C(=O)c1cccc2c1N[C@H](C(=O)O)[C@@H]1CC=C[C@H]21. The number of carbonyl (C=O) groups is 2. The molecule has 21 heavy (non-hydrogen) atoms. The molecule has 1 heterocycles. The Morgan fingerprint density at radius 2 is 2.10 bits per heavy atom. The van der Waals surface area contributed by atoms with Crippen molar-refractivity contribution in [1.82, 2.24) is 4.90 Å². The van der Waals surface area contributed by atoms with Crippen LogP contribution in [0.2, 0.25) is 0 Å². The fourth-order valence-electron chi connectivity index (χ4n) is 3.28. The number of anilines is 1. The lowest BCUT2D eigenvalue weighted by Gasteiger charge is -2.35. The number of carbonyl (C=O) groups excluding carboxylic acids is 1. The Morgan fingerprint density at radius 1 is 1.33 bits per heavy atom. The quantitative estimate of drug-likeness (QED) is 0.815. The highest BCUT2D eigenvalue weighted by molar-refractivity contribution is 6.01. The largest absolute Gasteiger partial charge is 0.480 e. The predicted molar refractivity (Wildman–Crippen MR) is 79.5 cm³/mol.